The number of allylic oxidation sites excluding steroid dienone is 4. The number of carbonyl (C=O) groups excluding carboxylic acids is 3. The number of nitrogens with zero attached hydrogens (tertiary/aromatic N) is 1. The number of carbonyl (C=O) groups is 3. The standard InChI is InChI=1S/C27H32N2O5/c1-6-18(3)34-22-10-8-9-21(12-14-22)27(25(31)7-2,28-19(4)30)17-29-16-20-11-13-23(33-5)15-24(20)26(29)32/h8-9,11-15H,3,6-7,10,16-17H2,1-2,4-5H3,(H,28,30)/t27-/m0/s1. The number of hydrogen-bond donors (Lipinski definition) is 1. The van der Waals surface area contributed by atoms with Gasteiger partial charge in [-0.25, -0.2) is 0 Å². The van der Waals surface area contributed by atoms with E-state index < -0.39 is 5.54 Å². The molecule has 0 aromatic heterocycles. The Balaban J connectivity index is 2.02. The van der Waals surface area contributed by atoms with Crippen LogP contribution in [0.1, 0.15) is 56.0 Å². The van der Waals surface area contributed by atoms with Crippen LogP contribution in [-0.2, 0) is 20.9 Å². The Bertz CT molecular complexity index is 1100. The van der Waals surface area contributed by atoms with Crippen molar-refractivity contribution in [3.63, 3.8) is 0 Å². The van der Waals surface area contributed by atoms with Crippen LogP contribution in [0.15, 0.2) is 66.2 Å². The molecule has 1 aliphatic carbocycles. The molecule has 7 nitrogen and oxygen atoms in total. The molecule has 0 unspecified atom stereocenters. The molecule has 34 heavy (non-hydrogen) atoms. The molecule has 0 saturated carbocycles. The van der Waals surface area contributed by atoms with E-state index >= 15 is 0 Å². The van der Waals surface area contributed by atoms with Crippen molar-refractivity contribution in [1.82, 2.24) is 10.2 Å². The average molecular weight is 465 g/mol. The highest BCUT2D eigenvalue weighted by Gasteiger charge is 2.45. The number of nitrogens with one attached hydrogen (secondary N) is 1. The minimum atomic E-state index is -1.40. The van der Waals surface area contributed by atoms with Crippen LogP contribution in [0, 0.1) is 0 Å². The lowest BCUT2D eigenvalue weighted by atomic mass is 9.82. The van der Waals surface area contributed by atoms with E-state index in [1.165, 1.54) is 6.92 Å². The highest BCUT2D eigenvalue weighted by atomic mass is 16.5. The molecule has 0 fully saturated rings. The molecule has 2 amide bonds. The molecule has 2 aliphatic rings. The van der Waals surface area contributed by atoms with Crippen molar-refractivity contribution in [3.05, 3.63) is 77.3 Å². The van der Waals surface area contributed by atoms with Gasteiger partial charge < -0.3 is 19.7 Å². The van der Waals surface area contributed by atoms with Crippen molar-refractivity contribution < 1.29 is 23.9 Å². The van der Waals surface area contributed by atoms with Gasteiger partial charge in [0.05, 0.1) is 19.4 Å². The molecule has 180 valence electrons. The summed E-state index contributed by atoms with van der Waals surface area (Å²) < 4.78 is 11.0. The molecule has 0 spiro atoms. The molecule has 1 N–H and O–H groups in total. The maximum absolute atomic E-state index is 13.4. The van der Waals surface area contributed by atoms with Gasteiger partial charge in [0.25, 0.3) is 5.91 Å². The molecule has 7 heteroatoms. The summed E-state index contributed by atoms with van der Waals surface area (Å²) in [4.78, 5) is 40.6. The number of fused-ring (bicyclic) bond motifs is 1. The van der Waals surface area contributed by atoms with Crippen LogP contribution in [-0.4, -0.2) is 41.7 Å². The minimum Gasteiger partial charge on any atom is -0.497 e. The highest BCUT2D eigenvalue weighted by molar-refractivity contribution is 6.01. The van der Waals surface area contributed by atoms with Gasteiger partial charge in [0, 0.05) is 38.3 Å². The molecule has 0 radical (unpaired) electrons. The number of amides is 2. The fraction of sp³-hybridized carbons (Fsp3) is 0.370. The van der Waals surface area contributed by atoms with Crippen molar-refractivity contribution in [3.8, 4) is 5.75 Å². The molecule has 1 aromatic carbocycles. The number of benzene rings is 1. The number of rotatable bonds is 10. The Kier molecular flexibility index (Phi) is 7.76. The summed E-state index contributed by atoms with van der Waals surface area (Å²) in [6.07, 6.45) is 8.67. The fourth-order valence-corrected chi connectivity index (χ4v) is 4.23. The number of ketones is 1. The van der Waals surface area contributed by atoms with Crippen LogP contribution in [0.25, 0.3) is 0 Å². The van der Waals surface area contributed by atoms with E-state index in [0.29, 0.717) is 47.8 Å². The fourth-order valence-electron chi connectivity index (χ4n) is 4.23. The second-order valence-corrected chi connectivity index (χ2v) is 8.40. The van der Waals surface area contributed by atoms with Gasteiger partial charge in [-0.3, -0.25) is 14.4 Å². The average Bonchev–Trinajstić information content (AvgIpc) is 2.97. The number of methoxy groups -OCH3 is 1. The Morgan fingerprint density at radius 1 is 1.21 bits per heavy atom. The molecular formula is C27H32N2O5. The van der Waals surface area contributed by atoms with E-state index in [9.17, 15) is 14.4 Å². The maximum atomic E-state index is 13.4. The first-order valence-corrected chi connectivity index (χ1v) is 11.5. The summed E-state index contributed by atoms with van der Waals surface area (Å²) in [6, 6.07) is 5.36. The Labute approximate surface area is 200 Å². The highest BCUT2D eigenvalue weighted by Crippen LogP contribution is 2.32. The van der Waals surface area contributed by atoms with E-state index in [0.717, 1.165) is 5.56 Å². The third-order valence-corrected chi connectivity index (χ3v) is 6.04. The third kappa shape index (κ3) is 5.14. The van der Waals surface area contributed by atoms with Gasteiger partial charge in [0.15, 0.2) is 5.78 Å². The second kappa shape index (κ2) is 10.5. The SMILES string of the molecule is C=C(CC)OC1=CC=C([C@](CN2Cc3ccc(OC)cc3C2=O)(NC(C)=O)C(=O)CC)C=CC1. The van der Waals surface area contributed by atoms with Crippen LogP contribution in [0.3, 0.4) is 0 Å². The van der Waals surface area contributed by atoms with Crippen molar-refractivity contribution >= 4 is 17.6 Å². The first kappa shape index (κ1) is 25.0. The molecule has 0 saturated heterocycles. The minimum absolute atomic E-state index is 0.0109. The van der Waals surface area contributed by atoms with E-state index in [-0.39, 0.29) is 30.6 Å². The molecule has 1 atom stereocenters. The van der Waals surface area contributed by atoms with E-state index in [1.54, 1.807) is 43.2 Å². The Hall–Kier alpha value is -3.61. The monoisotopic (exact) mass is 464 g/mol. The zero-order valence-corrected chi connectivity index (χ0v) is 20.3. The van der Waals surface area contributed by atoms with E-state index in [1.807, 2.05) is 25.1 Å². The lowest BCUT2D eigenvalue weighted by molar-refractivity contribution is -0.130. The summed E-state index contributed by atoms with van der Waals surface area (Å²) in [5, 5.41) is 2.89. The van der Waals surface area contributed by atoms with Gasteiger partial charge in [0.1, 0.15) is 17.0 Å². The summed E-state index contributed by atoms with van der Waals surface area (Å²) >= 11 is 0. The molecule has 0 bridgehead atoms. The third-order valence-electron chi connectivity index (χ3n) is 6.04. The lowest BCUT2D eigenvalue weighted by Gasteiger charge is -2.37. The number of ether oxygens (including phenoxy) is 2. The topological polar surface area (TPSA) is 84.9 Å². The first-order chi connectivity index (χ1) is 16.2. The molecular weight excluding hydrogens is 432 g/mol. The molecule has 1 aromatic rings. The lowest BCUT2D eigenvalue weighted by Crippen LogP contribution is -2.61. The van der Waals surface area contributed by atoms with Gasteiger partial charge >= 0.3 is 0 Å². The largest absolute Gasteiger partial charge is 0.497 e. The zero-order valence-electron chi connectivity index (χ0n) is 20.3. The van der Waals surface area contributed by atoms with Crippen LogP contribution in [0.4, 0.5) is 0 Å². The quantitative estimate of drug-likeness (QED) is 0.524. The van der Waals surface area contributed by atoms with Gasteiger partial charge in [-0.1, -0.05) is 44.7 Å². The predicted octanol–water partition coefficient (Wildman–Crippen LogP) is 4.22. The second-order valence-electron chi connectivity index (χ2n) is 8.40. The van der Waals surface area contributed by atoms with Crippen LogP contribution >= 0.6 is 0 Å². The van der Waals surface area contributed by atoms with Crippen molar-refractivity contribution in [2.75, 3.05) is 13.7 Å². The summed E-state index contributed by atoms with van der Waals surface area (Å²) in [6.45, 7) is 9.32. The van der Waals surface area contributed by atoms with Crippen molar-refractivity contribution in [1.29, 1.82) is 0 Å². The zero-order chi connectivity index (χ0) is 24.9. The maximum Gasteiger partial charge on any atom is 0.254 e. The van der Waals surface area contributed by atoms with E-state index in [2.05, 4.69) is 11.9 Å². The van der Waals surface area contributed by atoms with Crippen molar-refractivity contribution in [2.24, 2.45) is 0 Å². The molecule has 1 heterocycles. The smallest absolute Gasteiger partial charge is 0.254 e. The summed E-state index contributed by atoms with van der Waals surface area (Å²) in [5.41, 5.74) is 0.591. The van der Waals surface area contributed by atoms with Crippen LogP contribution in [0.2, 0.25) is 0 Å². The van der Waals surface area contributed by atoms with Gasteiger partial charge in [-0.05, 0) is 29.3 Å². The summed E-state index contributed by atoms with van der Waals surface area (Å²) in [5.74, 6) is 1.18. The Morgan fingerprint density at radius 2 is 1.97 bits per heavy atom. The van der Waals surface area contributed by atoms with Gasteiger partial charge in [0.2, 0.25) is 5.91 Å². The normalized spacial score (nSPS) is 16.6. The summed E-state index contributed by atoms with van der Waals surface area (Å²) in [7, 11) is 1.55. The predicted molar refractivity (Wildman–Crippen MR) is 130 cm³/mol. The van der Waals surface area contributed by atoms with Crippen molar-refractivity contribution in [2.45, 2.75) is 52.1 Å². The number of Topliss-reactive ketones (excluding diaryl/α,β-unsaturated/α-hetero) is 1. The first-order valence-electron chi connectivity index (χ1n) is 11.5. The van der Waals surface area contributed by atoms with E-state index in [4.69, 9.17) is 9.47 Å². The van der Waals surface area contributed by atoms with Crippen LogP contribution in [0.5, 0.6) is 5.75 Å². The molecule has 3 rings (SSSR count). The molecule has 1 aliphatic heterocycles. The van der Waals surface area contributed by atoms with Gasteiger partial charge in [-0.15, -0.1) is 0 Å². The van der Waals surface area contributed by atoms with Gasteiger partial charge in [-0.2, -0.15) is 0 Å². The van der Waals surface area contributed by atoms with Crippen LogP contribution < -0.4 is 10.1 Å². The Morgan fingerprint density at radius 3 is 2.62 bits per heavy atom. The number of hydrogen-bond acceptors (Lipinski definition) is 5.